The molecule has 3 unspecified atom stereocenters. The summed E-state index contributed by atoms with van der Waals surface area (Å²) in [4.78, 5) is 19.7. The Bertz CT molecular complexity index is 527. The summed E-state index contributed by atoms with van der Waals surface area (Å²) in [5.41, 5.74) is 0. The van der Waals surface area contributed by atoms with E-state index in [4.69, 9.17) is 9.29 Å². The van der Waals surface area contributed by atoms with Crippen LogP contribution in [0.5, 0.6) is 0 Å². The van der Waals surface area contributed by atoms with Crippen LogP contribution in [0.3, 0.4) is 0 Å². The zero-order chi connectivity index (χ0) is 22.9. The molecule has 1 N–H and O–H groups in total. The van der Waals surface area contributed by atoms with Crippen LogP contribution in [0.2, 0.25) is 0 Å². The van der Waals surface area contributed by atoms with Crippen LogP contribution in [0.1, 0.15) is 85.5 Å². The summed E-state index contributed by atoms with van der Waals surface area (Å²) >= 11 is 0. The van der Waals surface area contributed by atoms with Gasteiger partial charge in [-0.2, -0.15) is 8.42 Å². The minimum Gasteiger partial charge on any atom is -0.550 e. The Morgan fingerprint density at radius 2 is 1.26 bits per heavy atom. The van der Waals surface area contributed by atoms with E-state index in [-0.39, 0.29) is 59.1 Å². The minimum atomic E-state index is -4.94. The largest absolute Gasteiger partial charge is 1.00 e. The van der Waals surface area contributed by atoms with Gasteiger partial charge in [0, 0.05) is 25.6 Å². The molecule has 0 heterocycles. The molecule has 0 bridgehead atoms. The van der Waals surface area contributed by atoms with Gasteiger partial charge in [-0.05, 0) is 24.7 Å². The van der Waals surface area contributed by atoms with Gasteiger partial charge in [-0.1, -0.05) is 66.2 Å². The molecule has 0 rings (SSSR count). The van der Waals surface area contributed by atoms with E-state index in [9.17, 15) is 28.2 Å². The summed E-state index contributed by atoms with van der Waals surface area (Å²) in [5, 5.41) is 17.3. The number of carbonyl (C=O) groups is 2. The van der Waals surface area contributed by atoms with Gasteiger partial charge in [0.05, 0.1) is 5.97 Å². The number of aliphatic carboxylic acids is 2. The van der Waals surface area contributed by atoms with Gasteiger partial charge in [0.25, 0.3) is 10.1 Å². The van der Waals surface area contributed by atoms with Crippen LogP contribution in [0, 0.1) is 11.8 Å². The summed E-state index contributed by atoms with van der Waals surface area (Å²) in [6.07, 6.45) is 9.23. The van der Waals surface area contributed by atoms with Crippen molar-refractivity contribution in [2.75, 3.05) is 13.2 Å². The van der Waals surface area contributed by atoms with Gasteiger partial charge in [0.2, 0.25) is 0 Å². The van der Waals surface area contributed by atoms with E-state index in [1.54, 1.807) is 0 Å². The molecule has 31 heavy (non-hydrogen) atoms. The predicted octanol–water partition coefficient (Wildman–Crippen LogP) is -4.42. The predicted molar refractivity (Wildman–Crippen MR) is 107 cm³/mol. The minimum absolute atomic E-state index is 0. The number of carboxylic acids is 2. The molecule has 0 amide bonds. The van der Waals surface area contributed by atoms with E-state index in [2.05, 4.69) is 27.7 Å². The van der Waals surface area contributed by atoms with Crippen molar-refractivity contribution in [1.29, 1.82) is 0 Å². The maximum atomic E-state index is 10.2. The molecule has 0 aromatic rings. The average molecular weight is 485 g/mol. The van der Waals surface area contributed by atoms with Gasteiger partial charge in [0.1, 0.15) is 5.25 Å². The Balaban J connectivity index is -0.000000232. The third-order valence-corrected chi connectivity index (χ3v) is 5.85. The van der Waals surface area contributed by atoms with Gasteiger partial charge in [0.15, 0.2) is 0 Å². The number of hydrogen-bond acceptors (Lipinski definition) is 7. The Kier molecular flexibility index (Phi) is 30.2. The van der Waals surface area contributed by atoms with E-state index < -0.39 is 33.7 Å². The third kappa shape index (κ3) is 23.8. The molecular weight excluding hydrogens is 446 g/mol. The van der Waals surface area contributed by atoms with E-state index in [1.165, 1.54) is 51.4 Å². The quantitative estimate of drug-likeness (QED) is 0.171. The van der Waals surface area contributed by atoms with Crippen LogP contribution in [0.15, 0.2) is 0 Å². The number of unbranched alkanes of at least 4 members (excludes halogenated alkanes) is 2. The number of carbonyl (C=O) groups excluding carboxylic acids is 2. The van der Waals surface area contributed by atoms with Crippen molar-refractivity contribution in [1.82, 2.24) is 0 Å². The molecule has 0 aliphatic carbocycles. The van der Waals surface area contributed by atoms with Gasteiger partial charge >= 0.3 is 59.1 Å². The number of ether oxygens (including phenoxy) is 1. The molecule has 0 aromatic carbocycles. The summed E-state index contributed by atoms with van der Waals surface area (Å²) in [5.74, 6) is -2.50. The van der Waals surface area contributed by atoms with E-state index in [0.29, 0.717) is 0 Å². The molecule has 3 atom stereocenters. The first kappa shape index (κ1) is 39.0. The Morgan fingerprint density at radius 3 is 1.45 bits per heavy atom. The SMILES string of the molecule is CCCCC(CC)COCC(CC)CCCC.O=C([O-])CC(C(=O)[O-])S(=O)(=O)O.[Na+].[Na+]. The fourth-order valence-corrected chi connectivity index (χ4v) is 3.25. The van der Waals surface area contributed by atoms with E-state index >= 15 is 0 Å². The van der Waals surface area contributed by atoms with Crippen LogP contribution in [-0.2, 0) is 24.4 Å². The molecule has 0 aliphatic heterocycles. The van der Waals surface area contributed by atoms with Gasteiger partial charge in [-0.15, -0.1) is 0 Å². The van der Waals surface area contributed by atoms with Gasteiger partial charge in [-0.3, -0.25) is 4.55 Å². The second-order valence-electron chi connectivity index (χ2n) is 7.27. The van der Waals surface area contributed by atoms with Crippen LogP contribution in [-0.4, -0.2) is 43.4 Å². The molecule has 0 saturated heterocycles. The number of rotatable bonds is 16. The molecule has 0 aromatic heterocycles. The van der Waals surface area contributed by atoms with Crippen LogP contribution in [0.4, 0.5) is 0 Å². The normalized spacial score (nSPS) is 13.5. The molecule has 11 heteroatoms. The first-order valence-electron chi connectivity index (χ1n) is 10.5. The average Bonchev–Trinajstić information content (AvgIpc) is 2.64. The third-order valence-electron chi connectivity index (χ3n) is 4.77. The summed E-state index contributed by atoms with van der Waals surface area (Å²) < 4.78 is 34.4. The van der Waals surface area contributed by atoms with Crippen molar-refractivity contribution < 1.29 is 96.6 Å². The molecule has 8 nitrogen and oxygen atoms in total. The summed E-state index contributed by atoms with van der Waals surface area (Å²) in [6.45, 7) is 11.1. The molecule has 0 aliphatic rings. The molecule has 0 spiro atoms. The Hall–Kier alpha value is 0.810. The van der Waals surface area contributed by atoms with Crippen molar-refractivity contribution >= 4 is 22.1 Å². The monoisotopic (exact) mass is 484 g/mol. The fraction of sp³-hybridized carbons (Fsp3) is 0.900. The van der Waals surface area contributed by atoms with Crippen LogP contribution in [0.25, 0.3) is 0 Å². The second kappa shape index (κ2) is 24.0. The van der Waals surface area contributed by atoms with Crippen molar-refractivity contribution in [2.24, 2.45) is 11.8 Å². The standard InChI is InChI=1S/C16H34O.C4H6O7S.2Na/c1-5-9-11-15(7-3)13-17-14-16(8-4)12-10-6-2;5-3(6)1-2(4(7)8)12(9,10)11;;/h15-16H,5-14H2,1-4H3;2H,1H2,(H,5,6)(H,7,8)(H,9,10,11);;/q;;2*+1/p-2. The van der Waals surface area contributed by atoms with Gasteiger partial charge < -0.3 is 24.5 Å². The summed E-state index contributed by atoms with van der Waals surface area (Å²) in [7, 11) is -4.94. The molecule has 0 saturated carbocycles. The topological polar surface area (TPSA) is 144 Å². The fourth-order valence-electron chi connectivity index (χ4n) is 2.66. The molecule has 0 radical (unpaired) electrons. The molecule has 0 fully saturated rings. The van der Waals surface area contributed by atoms with Crippen LogP contribution < -0.4 is 69.3 Å². The number of carboxylic acid groups (broad SMARTS) is 2. The molecular formula is C20H38Na2O8S. The smallest absolute Gasteiger partial charge is 0.550 e. The first-order valence-corrected chi connectivity index (χ1v) is 12.0. The van der Waals surface area contributed by atoms with Crippen molar-refractivity contribution in [2.45, 2.75) is 90.7 Å². The van der Waals surface area contributed by atoms with E-state index in [1.807, 2.05) is 0 Å². The van der Waals surface area contributed by atoms with Gasteiger partial charge in [-0.25, -0.2) is 0 Å². The first-order chi connectivity index (χ1) is 13.5. The zero-order valence-corrected chi connectivity index (χ0v) is 25.0. The maximum absolute atomic E-state index is 10.2. The second-order valence-corrected chi connectivity index (χ2v) is 8.87. The zero-order valence-electron chi connectivity index (χ0n) is 20.2. The van der Waals surface area contributed by atoms with Crippen LogP contribution >= 0.6 is 0 Å². The van der Waals surface area contributed by atoms with Crippen molar-refractivity contribution in [3.63, 3.8) is 0 Å². The van der Waals surface area contributed by atoms with E-state index in [0.717, 1.165) is 25.0 Å². The van der Waals surface area contributed by atoms with Crippen molar-refractivity contribution in [3.05, 3.63) is 0 Å². The Morgan fingerprint density at radius 1 is 0.871 bits per heavy atom. The summed E-state index contributed by atoms with van der Waals surface area (Å²) in [6, 6.07) is 0. The van der Waals surface area contributed by atoms with Crippen molar-refractivity contribution in [3.8, 4) is 0 Å². The molecule has 174 valence electrons. The number of hydrogen-bond donors (Lipinski definition) is 1. The maximum Gasteiger partial charge on any atom is 1.00 e. The Labute approximate surface area is 232 Å².